The van der Waals surface area contributed by atoms with E-state index in [2.05, 4.69) is 0 Å². The van der Waals surface area contributed by atoms with Gasteiger partial charge in [0.2, 0.25) is 0 Å². The van der Waals surface area contributed by atoms with Crippen molar-refractivity contribution in [1.29, 1.82) is 0 Å². The monoisotopic (exact) mass is 526 g/mol. The minimum Gasteiger partial charge on any atom is -0.462 e. The Morgan fingerprint density at radius 2 is 1.62 bits per heavy atom. The van der Waals surface area contributed by atoms with Crippen LogP contribution in [0.4, 0.5) is 0 Å². The van der Waals surface area contributed by atoms with Crippen molar-refractivity contribution in [1.82, 2.24) is 0 Å². The highest BCUT2D eigenvalue weighted by molar-refractivity contribution is 5.77. The van der Waals surface area contributed by atoms with Crippen LogP contribution in [0.1, 0.15) is 60.8 Å². The van der Waals surface area contributed by atoms with Crippen LogP contribution in [0.25, 0.3) is 0 Å². The lowest BCUT2D eigenvalue weighted by Gasteiger charge is -2.58. The number of aliphatic hydroxyl groups is 3. The minimum absolute atomic E-state index is 0.00778. The number of aliphatic hydroxyl groups excluding tert-OH is 2. The number of carbonyl (C=O) groups excluding carboxylic acids is 4. The maximum Gasteiger partial charge on any atom is 0.312 e. The van der Waals surface area contributed by atoms with Crippen LogP contribution >= 0.6 is 0 Å². The van der Waals surface area contributed by atoms with Gasteiger partial charge in [-0.25, -0.2) is 0 Å². The molecule has 1 heterocycles. The molecule has 3 N–H and O–H groups in total. The molecular formula is C26H38O11. The number of ether oxygens (including phenoxy) is 4. The first-order valence-electron chi connectivity index (χ1n) is 12.6. The fourth-order valence-corrected chi connectivity index (χ4v) is 6.52. The van der Waals surface area contributed by atoms with E-state index in [0.717, 1.165) is 6.92 Å². The Balaban J connectivity index is 2.37. The summed E-state index contributed by atoms with van der Waals surface area (Å²) in [5.41, 5.74) is -2.99. The smallest absolute Gasteiger partial charge is 0.312 e. The average Bonchev–Trinajstić information content (AvgIpc) is 3.01. The number of rotatable bonds is 4. The van der Waals surface area contributed by atoms with Crippen LogP contribution in [0.15, 0.2) is 11.6 Å². The Hall–Kier alpha value is -2.50. The van der Waals surface area contributed by atoms with Crippen molar-refractivity contribution in [2.75, 3.05) is 6.61 Å². The molecule has 0 aromatic carbocycles. The van der Waals surface area contributed by atoms with Gasteiger partial charge in [-0.1, -0.05) is 13.8 Å². The molecule has 3 aliphatic rings. The third-order valence-electron chi connectivity index (χ3n) is 8.49. The van der Waals surface area contributed by atoms with Crippen LogP contribution in [0.3, 0.4) is 0 Å². The molecule has 37 heavy (non-hydrogen) atoms. The van der Waals surface area contributed by atoms with Gasteiger partial charge in [0.05, 0.1) is 18.6 Å². The molecule has 2 aliphatic carbocycles. The minimum atomic E-state index is -2.11. The van der Waals surface area contributed by atoms with E-state index in [1.165, 1.54) is 26.8 Å². The molecule has 2 fully saturated rings. The zero-order chi connectivity index (χ0) is 27.9. The summed E-state index contributed by atoms with van der Waals surface area (Å²) in [6.07, 6.45) is -3.85. The normalized spacial score (nSPS) is 43.3. The van der Waals surface area contributed by atoms with E-state index < -0.39 is 89.8 Å². The van der Waals surface area contributed by atoms with Gasteiger partial charge in [-0.05, 0) is 37.3 Å². The summed E-state index contributed by atoms with van der Waals surface area (Å²) in [7, 11) is 0. The molecule has 11 heteroatoms. The standard InChI is InChI=1S/C26H38O11/c1-12-18(31)10-20(35-15(4)29)25(6)19(34-14(3)28)8-7-17(11-27)9-21-26(33,13(2)24(32)37-21)23(22(12)25)36-16(5)30/h9,12-13,18-23,27,31,33H,7-8,10-11H2,1-6H3/b17-9+/t12-,13-,18+,19-,20-,21-,22+,23-,25-,26-/m0/s1. The Morgan fingerprint density at radius 3 is 2.16 bits per heavy atom. The largest absolute Gasteiger partial charge is 0.462 e. The highest BCUT2D eigenvalue weighted by atomic mass is 16.6. The second-order valence-corrected chi connectivity index (χ2v) is 10.8. The zero-order valence-corrected chi connectivity index (χ0v) is 22.1. The predicted molar refractivity (Wildman–Crippen MR) is 126 cm³/mol. The predicted octanol–water partition coefficient (Wildman–Crippen LogP) is 0.810. The van der Waals surface area contributed by atoms with Gasteiger partial charge in [0, 0.05) is 38.5 Å². The number of hydrogen-bond acceptors (Lipinski definition) is 11. The Kier molecular flexibility index (Phi) is 8.41. The van der Waals surface area contributed by atoms with Crippen LogP contribution in [-0.4, -0.2) is 81.9 Å². The molecule has 0 aromatic rings. The fourth-order valence-electron chi connectivity index (χ4n) is 6.52. The van der Waals surface area contributed by atoms with E-state index in [1.54, 1.807) is 13.8 Å². The van der Waals surface area contributed by atoms with Crippen LogP contribution < -0.4 is 0 Å². The SMILES string of the molecule is CC(=O)O[C@H]1CC/C(CO)=C\[C@@H]2OC(=O)[C@H](C)[C@@]2(O)[C@@H](OC(C)=O)[C@H]2[C@@H](C)[C@H](O)C[C@H](OC(C)=O)[C@@]21C. The molecule has 0 amide bonds. The van der Waals surface area contributed by atoms with Crippen molar-refractivity contribution in [3.8, 4) is 0 Å². The Morgan fingerprint density at radius 1 is 1.05 bits per heavy atom. The van der Waals surface area contributed by atoms with Gasteiger partial charge in [-0.3, -0.25) is 19.2 Å². The van der Waals surface area contributed by atoms with E-state index >= 15 is 0 Å². The summed E-state index contributed by atoms with van der Waals surface area (Å²) in [6, 6.07) is 0. The first-order chi connectivity index (χ1) is 17.2. The van der Waals surface area contributed by atoms with Crippen LogP contribution in [0.5, 0.6) is 0 Å². The molecule has 11 nitrogen and oxygen atoms in total. The topological polar surface area (TPSA) is 166 Å². The van der Waals surface area contributed by atoms with Crippen LogP contribution in [0.2, 0.25) is 0 Å². The van der Waals surface area contributed by atoms with Gasteiger partial charge >= 0.3 is 23.9 Å². The van der Waals surface area contributed by atoms with Crippen molar-refractivity contribution in [2.24, 2.45) is 23.2 Å². The number of carbonyl (C=O) groups is 4. The molecule has 10 atom stereocenters. The van der Waals surface area contributed by atoms with E-state index in [9.17, 15) is 34.5 Å². The molecule has 0 radical (unpaired) electrons. The maximum atomic E-state index is 12.8. The summed E-state index contributed by atoms with van der Waals surface area (Å²) in [4.78, 5) is 49.6. The molecule has 0 unspecified atom stereocenters. The molecule has 1 saturated heterocycles. The van der Waals surface area contributed by atoms with Gasteiger partial charge < -0.3 is 34.3 Å². The molecule has 208 valence electrons. The second-order valence-electron chi connectivity index (χ2n) is 10.8. The van der Waals surface area contributed by atoms with Gasteiger partial charge in [0.25, 0.3) is 0 Å². The van der Waals surface area contributed by atoms with Crippen LogP contribution in [0, 0.1) is 23.2 Å². The number of fused-ring (bicyclic) bond motifs is 2. The zero-order valence-electron chi connectivity index (χ0n) is 22.1. The summed E-state index contributed by atoms with van der Waals surface area (Å²) in [5.74, 6) is -5.49. The van der Waals surface area contributed by atoms with E-state index in [0.29, 0.717) is 5.57 Å². The first-order valence-corrected chi connectivity index (χ1v) is 12.6. The third kappa shape index (κ3) is 5.13. The van der Waals surface area contributed by atoms with Crippen molar-refractivity contribution in [3.63, 3.8) is 0 Å². The molecule has 0 spiro atoms. The quantitative estimate of drug-likeness (QED) is 0.269. The lowest BCUT2D eigenvalue weighted by atomic mass is 9.52. The first kappa shape index (κ1) is 29.1. The summed E-state index contributed by atoms with van der Waals surface area (Å²) < 4.78 is 22.8. The van der Waals surface area contributed by atoms with Crippen LogP contribution in [-0.2, 0) is 38.1 Å². The fraction of sp³-hybridized carbons (Fsp3) is 0.769. The Bertz CT molecular complexity index is 960. The van der Waals surface area contributed by atoms with Gasteiger partial charge in [0.1, 0.15) is 18.3 Å². The lowest BCUT2D eigenvalue weighted by molar-refractivity contribution is -0.250. The summed E-state index contributed by atoms with van der Waals surface area (Å²) in [5, 5.41) is 33.4. The lowest BCUT2D eigenvalue weighted by Crippen LogP contribution is -2.68. The van der Waals surface area contributed by atoms with Crippen molar-refractivity contribution < 1.29 is 53.4 Å². The molecule has 0 aromatic heterocycles. The average molecular weight is 527 g/mol. The number of esters is 4. The molecule has 1 saturated carbocycles. The van der Waals surface area contributed by atoms with Gasteiger partial charge in [-0.15, -0.1) is 0 Å². The van der Waals surface area contributed by atoms with E-state index in [-0.39, 0.29) is 19.3 Å². The molecule has 1 aliphatic heterocycles. The van der Waals surface area contributed by atoms with Gasteiger partial charge in [0.15, 0.2) is 11.7 Å². The summed E-state index contributed by atoms with van der Waals surface area (Å²) in [6.45, 7) is 8.05. The van der Waals surface area contributed by atoms with Crippen molar-refractivity contribution in [2.45, 2.75) is 96.9 Å². The van der Waals surface area contributed by atoms with Crippen molar-refractivity contribution >= 4 is 23.9 Å². The van der Waals surface area contributed by atoms with Gasteiger partial charge in [-0.2, -0.15) is 0 Å². The summed E-state index contributed by atoms with van der Waals surface area (Å²) >= 11 is 0. The number of hydrogen-bond donors (Lipinski definition) is 3. The Labute approximate surface area is 216 Å². The maximum absolute atomic E-state index is 12.8. The highest BCUT2D eigenvalue weighted by Gasteiger charge is 2.68. The van der Waals surface area contributed by atoms with E-state index in [1.807, 2.05) is 0 Å². The second kappa shape index (κ2) is 10.7. The third-order valence-corrected chi connectivity index (χ3v) is 8.49. The molecular weight excluding hydrogens is 488 g/mol. The van der Waals surface area contributed by atoms with E-state index in [4.69, 9.17) is 18.9 Å². The highest BCUT2D eigenvalue weighted by Crippen LogP contribution is 2.56. The van der Waals surface area contributed by atoms with Crippen molar-refractivity contribution in [3.05, 3.63) is 11.6 Å². The molecule has 3 rings (SSSR count). The molecule has 0 bridgehead atoms.